The SMILES string of the molecule is C=O.C=O.C=O.Cn1ccn(C)[c]1=[Os]([Cl])[Cl]. The molecule has 1 aromatic rings. The van der Waals surface area contributed by atoms with Crippen LogP contribution in [0, 0.1) is 3.97 Å². The van der Waals surface area contributed by atoms with Crippen molar-refractivity contribution in [3.63, 3.8) is 0 Å². The average Bonchev–Trinajstić information content (AvgIpc) is 2.67. The molecular weight excluding hydrogens is 433 g/mol. The number of carbonyl (C=O) groups excluding carboxylic acids is 3. The van der Waals surface area contributed by atoms with Gasteiger partial charge >= 0.3 is 72.6 Å². The van der Waals surface area contributed by atoms with E-state index >= 15 is 0 Å². The minimum atomic E-state index is -2.02. The first-order valence-corrected chi connectivity index (χ1v) is 11.1. The van der Waals surface area contributed by atoms with Crippen LogP contribution < -0.4 is 0 Å². The molecule has 5 nitrogen and oxygen atoms in total. The summed E-state index contributed by atoms with van der Waals surface area (Å²) in [6.45, 7) is 6.00. The third kappa shape index (κ3) is 7.69. The number of hydrogen-bond donors (Lipinski definition) is 0. The van der Waals surface area contributed by atoms with Crippen LogP contribution in [0.2, 0.25) is 0 Å². The second kappa shape index (κ2) is 14.4. The summed E-state index contributed by atoms with van der Waals surface area (Å²) in [6.07, 6.45) is 3.91. The van der Waals surface area contributed by atoms with Crippen LogP contribution in [0.3, 0.4) is 0 Å². The van der Waals surface area contributed by atoms with Crippen molar-refractivity contribution in [1.82, 2.24) is 9.13 Å². The normalized spacial score (nSPS) is 8.12. The molecule has 8 heteroatoms. The van der Waals surface area contributed by atoms with Gasteiger partial charge in [0.2, 0.25) is 0 Å². The number of rotatable bonds is 0. The van der Waals surface area contributed by atoms with E-state index in [4.69, 9.17) is 33.7 Å². The molecule has 0 bridgehead atoms. The van der Waals surface area contributed by atoms with Gasteiger partial charge in [-0.2, -0.15) is 0 Å². The van der Waals surface area contributed by atoms with Gasteiger partial charge in [-0.1, -0.05) is 0 Å². The molecule has 0 N–H and O–H groups in total. The summed E-state index contributed by atoms with van der Waals surface area (Å²) in [5.41, 5.74) is 0. The third-order valence-corrected chi connectivity index (χ3v) is 5.81. The molecule has 16 heavy (non-hydrogen) atoms. The summed E-state index contributed by atoms with van der Waals surface area (Å²) in [5, 5.41) is 0. The standard InChI is InChI=1S/C5H8N2.3CH2O.2ClH.Os/c1-6-3-4-7(2)5-6;3*1-2;;;/h3-4H,1-2H3;3*1H2;2*1H;/q;;;;;;+2/p-2. The van der Waals surface area contributed by atoms with Gasteiger partial charge in [-0.25, -0.2) is 0 Å². The van der Waals surface area contributed by atoms with Gasteiger partial charge in [-0.3, -0.25) is 0 Å². The van der Waals surface area contributed by atoms with Crippen LogP contribution in [0.4, 0.5) is 0 Å². The van der Waals surface area contributed by atoms with Crippen LogP contribution in [-0.4, -0.2) is 29.5 Å². The van der Waals surface area contributed by atoms with Crippen molar-refractivity contribution in [2.45, 2.75) is 0 Å². The first-order valence-electron chi connectivity index (χ1n) is 3.50. The Balaban J connectivity index is -0.000000245. The maximum absolute atomic E-state index is 8.00. The molecule has 0 radical (unpaired) electrons. The Morgan fingerprint density at radius 3 is 1.31 bits per heavy atom. The van der Waals surface area contributed by atoms with Gasteiger partial charge in [0.1, 0.15) is 20.4 Å². The van der Waals surface area contributed by atoms with Crippen molar-refractivity contribution in [3.05, 3.63) is 16.4 Å². The van der Waals surface area contributed by atoms with Crippen molar-refractivity contribution in [1.29, 1.82) is 0 Å². The van der Waals surface area contributed by atoms with E-state index in [0.29, 0.717) is 0 Å². The third-order valence-electron chi connectivity index (χ3n) is 1.20. The van der Waals surface area contributed by atoms with Gasteiger partial charge in [-0.15, -0.1) is 0 Å². The van der Waals surface area contributed by atoms with Crippen LogP contribution in [0.25, 0.3) is 0 Å². The number of hydrogen-bond acceptors (Lipinski definition) is 3. The number of imidazole rings is 1. The van der Waals surface area contributed by atoms with Gasteiger partial charge in [-0.05, 0) is 0 Å². The summed E-state index contributed by atoms with van der Waals surface area (Å²) in [4.78, 5) is 24.0. The number of aryl methyl sites for hydroxylation is 2. The molecule has 0 fully saturated rings. The zero-order valence-electron chi connectivity index (χ0n) is 9.00. The molecule has 0 aliphatic heterocycles. The van der Waals surface area contributed by atoms with Crippen molar-refractivity contribution in [2.24, 2.45) is 14.1 Å². The van der Waals surface area contributed by atoms with Crippen LogP contribution in [0.15, 0.2) is 12.4 Å². The van der Waals surface area contributed by atoms with E-state index in [1.807, 2.05) is 56.0 Å². The molecule has 0 saturated carbocycles. The summed E-state index contributed by atoms with van der Waals surface area (Å²) in [7, 11) is 15.6. The predicted molar refractivity (Wildman–Crippen MR) is 60.7 cm³/mol. The first kappa shape index (κ1) is 20.8. The van der Waals surface area contributed by atoms with E-state index in [1.165, 1.54) is 0 Å². The molecule has 0 saturated heterocycles. The Kier molecular flexibility index (Phi) is 18.8. The number of halogens is 2. The number of carbonyl (C=O) groups is 3. The molecule has 0 aliphatic carbocycles. The van der Waals surface area contributed by atoms with Crippen LogP contribution >= 0.6 is 19.3 Å². The first-order chi connectivity index (χ1) is 7.63. The second-order valence-electron chi connectivity index (χ2n) is 1.96. The Bertz CT molecular complexity index is 320. The quantitative estimate of drug-likeness (QED) is 0.602. The second-order valence-corrected chi connectivity index (χ2v) is 9.92. The minimum absolute atomic E-state index is 1.07. The van der Waals surface area contributed by atoms with Crippen LogP contribution in [0.5, 0.6) is 0 Å². The van der Waals surface area contributed by atoms with Crippen LogP contribution in [-0.2, 0) is 42.2 Å². The summed E-state index contributed by atoms with van der Waals surface area (Å²) in [6, 6.07) is 0. The van der Waals surface area contributed by atoms with E-state index in [-0.39, 0.29) is 0 Å². The molecule has 0 atom stereocenters. The molecule has 0 unspecified atom stereocenters. The van der Waals surface area contributed by atoms with Crippen molar-refractivity contribution in [2.75, 3.05) is 0 Å². The van der Waals surface area contributed by atoms with Crippen molar-refractivity contribution >= 4 is 39.6 Å². The molecule has 1 heterocycles. The Hall–Kier alpha value is -0.564. The van der Waals surface area contributed by atoms with E-state index in [9.17, 15) is 0 Å². The number of aromatic nitrogens is 2. The van der Waals surface area contributed by atoms with Crippen molar-refractivity contribution < 1.29 is 28.1 Å². The molecular formula is C8H14Cl2N2O3Os. The van der Waals surface area contributed by atoms with E-state index < -0.39 is 13.8 Å². The maximum atomic E-state index is 8.00. The topological polar surface area (TPSA) is 61.1 Å². The van der Waals surface area contributed by atoms with E-state index in [0.717, 1.165) is 3.97 Å². The molecule has 96 valence electrons. The van der Waals surface area contributed by atoms with Crippen LogP contribution in [0.1, 0.15) is 0 Å². The van der Waals surface area contributed by atoms with Gasteiger partial charge in [0.05, 0.1) is 0 Å². The Morgan fingerprint density at radius 2 is 1.19 bits per heavy atom. The molecule has 0 aliphatic rings. The summed E-state index contributed by atoms with van der Waals surface area (Å²) >= 11 is -2.02. The molecule has 1 rings (SSSR count). The molecule has 0 aromatic carbocycles. The average molecular weight is 447 g/mol. The fourth-order valence-electron chi connectivity index (χ4n) is 0.757. The zero-order chi connectivity index (χ0) is 13.7. The summed E-state index contributed by atoms with van der Waals surface area (Å²) < 4.78 is 5.01. The Morgan fingerprint density at radius 1 is 0.938 bits per heavy atom. The summed E-state index contributed by atoms with van der Waals surface area (Å²) in [5.74, 6) is 0. The monoisotopic (exact) mass is 448 g/mol. The van der Waals surface area contributed by atoms with Gasteiger partial charge in [0, 0.05) is 0 Å². The fourth-order valence-corrected chi connectivity index (χ4v) is 5.58. The Labute approximate surface area is 107 Å². The molecule has 0 amide bonds. The fraction of sp³-hybridized carbons (Fsp3) is 0.250. The molecule has 1 aromatic heterocycles. The van der Waals surface area contributed by atoms with Crippen molar-refractivity contribution in [3.8, 4) is 0 Å². The van der Waals surface area contributed by atoms with Gasteiger partial charge in [0.15, 0.2) is 0 Å². The zero-order valence-corrected chi connectivity index (χ0v) is 13.1. The van der Waals surface area contributed by atoms with E-state index in [1.54, 1.807) is 0 Å². The van der Waals surface area contributed by atoms with Gasteiger partial charge in [0.25, 0.3) is 0 Å². The molecule has 0 spiro atoms. The predicted octanol–water partition coefficient (Wildman–Crippen LogP) is 1.27. The van der Waals surface area contributed by atoms with Gasteiger partial charge < -0.3 is 14.4 Å². The van der Waals surface area contributed by atoms with E-state index in [2.05, 4.69) is 0 Å². The number of nitrogens with zero attached hydrogens (tertiary/aromatic N) is 2.